The minimum atomic E-state index is -0.823. The van der Waals surface area contributed by atoms with Crippen molar-refractivity contribution in [2.24, 2.45) is 0 Å². The van der Waals surface area contributed by atoms with Crippen LogP contribution in [-0.2, 0) is 6.42 Å². The van der Waals surface area contributed by atoms with Crippen LogP contribution in [0.25, 0.3) is 11.0 Å². The summed E-state index contributed by atoms with van der Waals surface area (Å²) in [5, 5.41) is 10.8. The van der Waals surface area contributed by atoms with Crippen LogP contribution in [0.3, 0.4) is 0 Å². The second-order valence-corrected chi connectivity index (χ2v) is 3.55. The second-order valence-electron chi connectivity index (χ2n) is 3.55. The Morgan fingerprint density at radius 2 is 1.71 bits per heavy atom. The van der Waals surface area contributed by atoms with Gasteiger partial charge in [-0.2, -0.15) is 0 Å². The van der Waals surface area contributed by atoms with Crippen LogP contribution in [0.5, 0.6) is 0 Å². The average molecular weight is 235 g/mol. The van der Waals surface area contributed by atoms with Crippen LogP contribution in [-0.4, -0.2) is 14.9 Å². The molecule has 0 saturated carbocycles. The third kappa shape index (κ3) is 1.82. The Morgan fingerprint density at radius 3 is 2.18 bits per heavy atom. The van der Waals surface area contributed by atoms with Crippen molar-refractivity contribution in [3.63, 3.8) is 0 Å². The predicted octanol–water partition coefficient (Wildman–Crippen LogP) is 0.687. The largest absolute Gasteiger partial charge is 0.316 e. The molecule has 0 bridgehead atoms. The smallest absolute Gasteiger partial charge is 0.314 e. The van der Waals surface area contributed by atoms with Gasteiger partial charge in [-0.1, -0.05) is 6.92 Å². The van der Waals surface area contributed by atoms with Gasteiger partial charge in [-0.3, -0.25) is 19.7 Å². The van der Waals surface area contributed by atoms with Crippen LogP contribution >= 0.6 is 0 Å². The first-order chi connectivity index (χ1) is 8.02. The number of nitrogens with zero attached hydrogens (tertiary/aromatic N) is 1. The monoisotopic (exact) mass is 235 g/mol. The molecule has 0 radical (unpaired) electrons. The van der Waals surface area contributed by atoms with Crippen LogP contribution in [0.2, 0.25) is 0 Å². The van der Waals surface area contributed by atoms with Gasteiger partial charge in [-0.05, 0) is 12.5 Å². The van der Waals surface area contributed by atoms with Gasteiger partial charge in [-0.25, -0.2) is 0 Å². The Hall–Kier alpha value is -2.44. The lowest BCUT2D eigenvalue weighted by atomic mass is 10.1. The number of aryl methyl sites for hydroxylation is 1. The van der Waals surface area contributed by atoms with Crippen molar-refractivity contribution in [3.8, 4) is 0 Å². The zero-order chi connectivity index (χ0) is 12.6. The van der Waals surface area contributed by atoms with Gasteiger partial charge in [0.25, 0.3) is 5.69 Å². The molecule has 7 heteroatoms. The van der Waals surface area contributed by atoms with Gasteiger partial charge in [0.15, 0.2) is 0 Å². The van der Waals surface area contributed by atoms with Crippen LogP contribution < -0.4 is 11.1 Å². The van der Waals surface area contributed by atoms with Gasteiger partial charge < -0.3 is 9.97 Å². The first-order valence-electron chi connectivity index (χ1n) is 4.96. The number of benzene rings is 1. The molecule has 88 valence electrons. The maximum atomic E-state index is 11.1. The quantitative estimate of drug-likeness (QED) is 0.453. The highest BCUT2D eigenvalue weighted by molar-refractivity contribution is 5.78. The summed E-state index contributed by atoms with van der Waals surface area (Å²) >= 11 is 0. The summed E-state index contributed by atoms with van der Waals surface area (Å²) in [6.45, 7) is 1.78. The third-order valence-corrected chi connectivity index (χ3v) is 2.50. The van der Waals surface area contributed by atoms with Gasteiger partial charge in [0.05, 0.1) is 16.0 Å². The van der Waals surface area contributed by atoms with E-state index in [-0.39, 0.29) is 11.2 Å². The molecule has 0 unspecified atom stereocenters. The number of H-pyrrole nitrogens is 2. The highest BCUT2D eigenvalue weighted by atomic mass is 16.6. The number of nitro groups is 1. The number of nitro benzene ring substituents is 1. The highest BCUT2D eigenvalue weighted by Crippen LogP contribution is 2.23. The van der Waals surface area contributed by atoms with Crippen LogP contribution in [0.4, 0.5) is 5.69 Å². The Labute approximate surface area is 94.3 Å². The summed E-state index contributed by atoms with van der Waals surface area (Å²) in [4.78, 5) is 37.2. The summed E-state index contributed by atoms with van der Waals surface area (Å²) in [5.74, 6) is 0. The van der Waals surface area contributed by atoms with Crippen molar-refractivity contribution < 1.29 is 4.92 Å². The van der Waals surface area contributed by atoms with E-state index in [4.69, 9.17) is 0 Å². The van der Waals surface area contributed by atoms with E-state index >= 15 is 0 Å². The lowest BCUT2D eigenvalue weighted by Gasteiger charge is -2.02. The molecule has 0 aliphatic rings. The molecule has 2 rings (SSSR count). The molecule has 2 N–H and O–H groups in total. The fourth-order valence-corrected chi connectivity index (χ4v) is 1.65. The maximum Gasteiger partial charge on any atom is 0.314 e. The van der Waals surface area contributed by atoms with Crippen molar-refractivity contribution >= 4 is 16.7 Å². The molecular formula is C10H9N3O4. The molecular weight excluding hydrogens is 226 g/mol. The molecule has 1 heterocycles. The fraction of sp³-hybridized carbons (Fsp3) is 0.200. The molecule has 2 aromatic rings. The van der Waals surface area contributed by atoms with E-state index in [1.165, 1.54) is 12.1 Å². The van der Waals surface area contributed by atoms with E-state index in [0.29, 0.717) is 17.5 Å². The molecule has 0 amide bonds. The summed E-state index contributed by atoms with van der Waals surface area (Å²) in [7, 11) is 0. The van der Waals surface area contributed by atoms with E-state index in [1.54, 1.807) is 6.92 Å². The van der Waals surface area contributed by atoms with E-state index < -0.39 is 16.0 Å². The number of fused-ring (bicyclic) bond motifs is 1. The Kier molecular flexibility index (Phi) is 2.51. The van der Waals surface area contributed by atoms with E-state index in [2.05, 4.69) is 9.97 Å². The van der Waals surface area contributed by atoms with Crippen molar-refractivity contribution in [1.29, 1.82) is 0 Å². The SMILES string of the molecule is CCc1cc2[nH]c(=O)c(=O)[nH]c2cc1[N+](=O)[O-]. The van der Waals surface area contributed by atoms with Crippen LogP contribution in [0.1, 0.15) is 12.5 Å². The lowest BCUT2D eigenvalue weighted by Crippen LogP contribution is -2.29. The first-order valence-corrected chi connectivity index (χ1v) is 4.96. The minimum absolute atomic E-state index is 0.0669. The molecule has 0 fully saturated rings. The van der Waals surface area contributed by atoms with Gasteiger partial charge in [0, 0.05) is 11.6 Å². The van der Waals surface area contributed by atoms with Crippen molar-refractivity contribution in [3.05, 3.63) is 48.5 Å². The van der Waals surface area contributed by atoms with Gasteiger partial charge in [-0.15, -0.1) is 0 Å². The zero-order valence-corrected chi connectivity index (χ0v) is 8.94. The number of hydrogen-bond donors (Lipinski definition) is 2. The normalized spacial score (nSPS) is 10.6. The predicted molar refractivity (Wildman–Crippen MR) is 61.2 cm³/mol. The number of aromatic amines is 2. The number of hydrogen-bond acceptors (Lipinski definition) is 4. The van der Waals surface area contributed by atoms with Crippen LogP contribution in [0.15, 0.2) is 21.7 Å². The average Bonchev–Trinajstić information content (AvgIpc) is 2.29. The standard InChI is InChI=1S/C10H9N3O4/c1-2-5-3-6-7(4-8(5)13(16)17)12-10(15)9(14)11-6/h3-4H,2H2,1H3,(H,11,14)(H,12,15). The Bertz CT molecular complexity index is 714. The van der Waals surface area contributed by atoms with Crippen molar-refractivity contribution in [1.82, 2.24) is 9.97 Å². The molecule has 0 atom stereocenters. The molecule has 0 aliphatic carbocycles. The number of rotatable bonds is 2. The molecule has 0 aliphatic heterocycles. The third-order valence-electron chi connectivity index (χ3n) is 2.50. The fourth-order valence-electron chi connectivity index (χ4n) is 1.65. The lowest BCUT2D eigenvalue weighted by molar-refractivity contribution is -0.385. The summed E-state index contributed by atoms with van der Waals surface area (Å²) in [6, 6.07) is 2.76. The van der Waals surface area contributed by atoms with Gasteiger partial charge in [0.1, 0.15) is 0 Å². The van der Waals surface area contributed by atoms with Crippen LogP contribution in [0, 0.1) is 10.1 Å². The van der Waals surface area contributed by atoms with E-state index in [1.807, 2.05) is 0 Å². The highest BCUT2D eigenvalue weighted by Gasteiger charge is 2.14. The second kappa shape index (κ2) is 3.85. The van der Waals surface area contributed by atoms with Gasteiger partial charge in [0.2, 0.25) is 0 Å². The van der Waals surface area contributed by atoms with Crippen molar-refractivity contribution in [2.45, 2.75) is 13.3 Å². The summed E-state index contributed by atoms with van der Waals surface area (Å²) < 4.78 is 0. The number of aromatic nitrogens is 2. The molecule has 1 aromatic heterocycles. The van der Waals surface area contributed by atoms with E-state index in [0.717, 1.165) is 0 Å². The molecule has 7 nitrogen and oxygen atoms in total. The first kappa shape index (κ1) is 11.1. The topological polar surface area (TPSA) is 109 Å². The number of nitrogens with one attached hydrogen (secondary N) is 2. The minimum Gasteiger partial charge on any atom is -0.316 e. The Balaban J connectivity index is 2.88. The van der Waals surface area contributed by atoms with E-state index in [9.17, 15) is 19.7 Å². The Morgan fingerprint density at radius 1 is 1.18 bits per heavy atom. The molecule has 1 aromatic carbocycles. The summed E-state index contributed by atoms with van der Waals surface area (Å²) in [6.07, 6.45) is 0.466. The van der Waals surface area contributed by atoms with Gasteiger partial charge >= 0.3 is 11.1 Å². The summed E-state index contributed by atoms with van der Waals surface area (Å²) in [5.41, 5.74) is -0.520. The maximum absolute atomic E-state index is 11.1. The zero-order valence-electron chi connectivity index (χ0n) is 8.94. The molecule has 17 heavy (non-hydrogen) atoms. The van der Waals surface area contributed by atoms with Crippen molar-refractivity contribution in [2.75, 3.05) is 0 Å². The molecule has 0 saturated heterocycles. The molecule has 0 spiro atoms.